The van der Waals surface area contributed by atoms with Crippen LogP contribution in [-0.4, -0.2) is 48.8 Å². The number of aliphatic hydroxyl groups is 1. The van der Waals surface area contributed by atoms with Gasteiger partial charge in [0.2, 0.25) is 0 Å². The molecule has 0 radical (unpaired) electrons. The van der Waals surface area contributed by atoms with E-state index in [1.54, 1.807) is 0 Å². The standard InChI is InChI=1S/C26H31NO4S/c1-19(2)21-10-6-7-11-23(21)32-24-22(28)18-26(31-25(24)29,20-8-4-3-5-9-20)12-13-27-14-16-30-17-15-27/h3-11,19,28H,12-18H2,1-2H3. The molecule has 1 N–H and O–H groups in total. The maximum absolute atomic E-state index is 13.2. The maximum atomic E-state index is 13.2. The minimum absolute atomic E-state index is 0.107. The molecule has 0 spiro atoms. The number of cyclic esters (lactones) is 1. The van der Waals surface area contributed by atoms with Crippen molar-refractivity contribution in [3.8, 4) is 0 Å². The number of hydrogen-bond acceptors (Lipinski definition) is 6. The fourth-order valence-electron chi connectivity index (χ4n) is 4.34. The van der Waals surface area contributed by atoms with Gasteiger partial charge in [-0.15, -0.1) is 0 Å². The fourth-order valence-corrected chi connectivity index (χ4v) is 5.44. The van der Waals surface area contributed by atoms with E-state index in [1.165, 1.54) is 11.8 Å². The van der Waals surface area contributed by atoms with Gasteiger partial charge < -0.3 is 14.6 Å². The number of morpholine rings is 1. The average Bonchev–Trinajstić information content (AvgIpc) is 2.81. The lowest BCUT2D eigenvalue weighted by Gasteiger charge is -2.39. The molecule has 4 rings (SSSR count). The normalized spacial score (nSPS) is 22.3. The molecule has 0 saturated carbocycles. The summed E-state index contributed by atoms with van der Waals surface area (Å²) in [6, 6.07) is 17.8. The topological polar surface area (TPSA) is 59.0 Å². The Morgan fingerprint density at radius 1 is 1.06 bits per heavy atom. The number of hydrogen-bond donors (Lipinski definition) is 1. The van der Waals surface area contributed by atoms with Crippen molar-refractivity contribution >= 4 is 17.7 Å². The zero-order valence-corrected chi connectivity index (χ0v) is 19.6. The molecule has 0 amide bonds. The Morgan fingerprint density at radius 2 is 1.75 bits per heavy atom. The number of nitrogens with zero attached hydrogens (tertiary/aromatic N) is 1. The third-order valence-corrected chi connectivity index (χ3v) is 7.38. The summed E-state index contributed by atoms with van der Waals surface area (Å²) in [7, 11) is 0. The fraction of sp³-hybridized carbons (Fsp3) is 0.423. The van der Waals surface area contributed by atoms with Crippen molar-refractivity contribution in [1.29, 1.82) is 0 Å². The van der Waals surface area contributed by atoms with Crippen molar-refractivity contribution in [3.05, 3.63) is 76.4 Å². The zero-order chi connectivity index (χ0) is 22.6. The molecule has 1 unspecified atom stereocenters. The summed E-state index contributed by atoms with van der Waals surface area (Å²) in [6.07, 6.45) is 0.895. The van der Waals surface area contributed by atoms with E-state index < -0.39 is 11.6 Å². The van der Waals surface area contributed by atoms with E-state index >= 15 is 0 Å². The molecule has 5 nitrogen and oxygen atoms in total. The van der Waals surface area contributed by atoms with Crippen LogP contribution in [-0.2, 0) is 19.9 Å². The molecule has 170 valence electrons. The molecule has 2 aliphatic rings. The molecule has 2 heterocycles. The number of rotatable bonds is 7. The van der Waals surface area contributed by atoms with Gasteiger partial charge in [0.05, 0.1) is 19.6 Å². The van der Waals surface area contributed by atoms with Crippen molar-refractivity contribution in [2.75, 3.05) is 32.8 Å². The molecule has 1 saturated heterocycles. The van der Waals surface area contributed by atoms with E-state index in [0.717, 1.165) is 48.9 Å². The van der Waals surface area contributed by atoms with Gasteiger partial charge in [0.15, 0.2) is 0 Å². The lowest BCUT2D eigenvalue weighted by Crippen LogP contribution is -2.43. The second-order valence-corrected chi connectivity index (χ2v) is 9.75. The number of benzene rings is 2. The van der Waals surface area contributed by atoms with Crippen LogP contribution in [0.25, 0.3) is 0 Å². The van der Waals surface area contributed by atoms with Crippen LogP contribution < -0.4 is 0 Å². The SMILES string of the molecule is CC(C)c1ccccc1SC1=C(O)CC(CCN2CCOCC2)(c2ccccc2)OC1=O. The first-order chi connectivity index (χ1) is 15.5. The van der Waals surface area contributed by atoms with Gasteiger partial charge in [0.1, 0.15) is 16.3 Å². The molecule has 2 aliphatic heterocycles. The smallest absolute Gasteiger partial charge is 0.349 e. The van der Waals surface area contributed by atoms with Crippen molar-refractivity contribution < 1.29 is 19.4 Å². The second kappa shape index (κ2) is 10.1. The van der Waals surface area contributed by atoms with Crippen LogP contribution in [0.1, 0.15) is 43.7 Å². The average molecular weight is 454 g/mol. The summed E-state index contributed by atoms with van der Waals surface area (Å²) >= 11 is 1.31. The van der Waals surface area contributed by atoms with Gasteiger partial charge in [-0.3, -0.25) is 4.90 Å². The highest BCUT2D eigenvalue weighted by Gasteiger charge is 2.44. The van der Waals surface area contributed by atoms with Gasteiger partial charge in [-0.25, -0.2) is 4.79 Å². The number of aliphatic hydroxyl groups excluding tert-OH is 1. The second-order valence-electron chi connectivity index (χ2n) is 8.70. The van der Waals surface area contributed by atoms with Gasteiger partial charge in [-0.05, 0) is 23.1 Å². The Balaban J connectivity index is 1.61. The molecule has 0 aromatic heterocycles. The van der Waals surface area contributed by atoms with Gasteiger partial charge >= 0.3 is 5.97 Å². The Kier molecular flexibility index (Phi) is 7.23. The first kappa shape index (κ1) is 22.9. The van der Waals surface area contributed by atoms with E-state index in [2.05, 4.69) is 24.8 Å². The molecule has 6 heteroatoms. The monoisotopic (exact) mass is 453 g/mol. The lowest BCUT2D eigenvalue weighted by molar-refractivity contribution is -0.160. The minimum Gasteiger partial charge on any atom is -0.511 e. The molecule has 1 atom stereocenters. The summed E-state index contributed by atoms with van der Waals surface area (Å²) in [4.78, 5) is 16.8. The number of carbonyl (C=O) groups excluding carboxylic acids is 1. The number of thioether (sulfide) groups is 1. The molecule has 2 aromatic rings. The largest absolute Gasteiger partial charge is 0.511 e. The van der Waals surface area contributed by atoms with Crippen LogP contribution >= 0.6 is 11.8 Å². The molecule has 32 heavy (non-hydrogen) atoms. The van der Waals surface area contributed by atoms with Gasteiger partial charge in [-0.1, -0.05) is 74.1 Å². The zero-order valence-electron chi connectivity index (χ0n) is 18.8. The van der Waals surface area contributed by atoms with E-state index in [4.69, 9.17) is 9.47 Å². The van der Waals surface area contributed by atoms with E-state index in [9.17, 15) is 9.90 Å². The number of carbonyl (C=O) groups is 1. The third kappa shape index (κ3) is 5.03. The van der Waals surface area contributed by atoms with Gasteiger partial charge in [-0.2, -0.15) is 0 Å². The third-order valence-electron chi connectivity index (χ3n) is 6.18. The predicted octanol–water partition coefficient (Wildman–Crippen LogP) is 5.24. The lowest BCUT2D eigenvalue weighted by atomic mass is 9.84. The first-order valence-electron chi connectivity index (χ1n) is 11.3. The summed E-state index contributed by atoms with van der Waals surface area (Å²) in [5, 5.41) is 11.1. The number of ether oxygens (including phenoxy) is 2. The molecular weight excluding hydrogens is 422 g/mol. The highest BCUT2D eigenvalue weighted by atomic mass is 32.2. The van der Waals surface area contributed by atoms with Crippen molar-refractivity contribution in [2.45, 2.75) is 43.1 Å². The first-order valence-corrected chi connectivity index (χ1v) is 12.1. The summed E-state index contributed by atoms with van der Waals surface area (Å²) in [6.45, 7) is 8.20. The minimum atomic E-state index is -0.873. The van der Waals surface area contributed by atoms with Crippen LogP contribution in [0.2, 0.25) is 0 Å². The Labute approximate surface area is 194 Å². The van der Waals surface area contributed by atoms with Crippen LogP contribution in [0.4, 0.5) is 0 Å². The predicted molar refractivity (Wildman–Crippen MR) is 127 cm³/mol. The summed E-state index contributed by atoms with van der Waals surface area (Å²) < 4.78 is 11.6. The quantitative estimate of drug-likeness (QED) is 0.579. The Hall–Kier alpha value is -2.28. The molecule has 0 bridgehead atoms. The van der Waals surface area contributed by atoms with Crippen molar-refractivity contribution in [1.82, 2.24) is 4.90 Å². The maximum Gasteiger partial charge on any atom is 0.349 e. The Bertz CT molecular complexity index is 969. The van der Waals surface area contributed by atoms with Crippen LogP contribution in [0, 0.1) is 0 Å². The van der Waals surface area contributed by atoms with Crippen LogP contribution in [0.15, 0.2) is 70.2 Å². The molecular formula is C26H31NO4S. The van der Waals surface area contributed by atoms with Crippen LogP contribution in [0.3, 0.4) is 0 Å². The highest BCUT2D eigenvalue weighted by molar-refractivity contribution is 8.04. The van der Waals surface area contributed by atoms with E-state index in [-0.39, 0.29) is 17.1 Å². The van der Waals surface area contributed by atoms with Crippen molar-refractivity contribution in [3.63, 3.8) is 0 Å². The molecule has 2 aromatic carbocycles. The molecule has 0 aliphatic carbocycles. The Morgan fingerprint density at radius 3 is 2.44 bits per heavy atom. The van der Waals surface area contributed by atoms with Crippen LogP contribution in [0.5, 0.6) is 0 Å². The number of esters is 1. The van der Waals surface area contributed by atoms with E-state index in [0.29, 0.717) is 12.3 Å². The summed E-state index contributed by atoms with van der Waals surface area (Å²) in [5.41, 5.74) is 1.19. The van der Waals surface area contributed by atoms with E-state index in [1.807, 2.05) is 48.5 Å². The van der Waals surface area contributed by atoms with Gasteiger partial charge in [0, 0.05) is 31.0 Å². The highest BCUT2D eigenvalue weighted by Crippen LogP contribution is 2.45. The van der Waals surface area contributed by atoms with Gasteiger partial charge in [0.25, 0.3) is 0 Å². The van der Waals surface area contributed by atoms with Crippen molar-refractivity contribution in [2.24, 2.45) is 0 Å². The molecule has 1 fully saturated rings. The summed E-state index contributed by atoms with van der Waals surface area (Å²) in [5.74, 6) is -0.0308.